The van der Waals surface area contributed by atoms with Crippen LogP contribution in [-0.2, 0) is 0 Å². The summed E-state index contributed by atoms with van der Waals surface area (Å²) in [5, 5.41) is 9.81. The van der Waals surface area contributed by atoms with Gasteiger partial charge in [0.25, 0.3) is 0 Å². The van der Waals surface area contributed by atoms with E-state index < -0.39 is 5.97 Å². The largest absolute Gasteiger partial charge is 0.478 e. The molecule has 0 aliphatic carbocycles. The summed E-state index contributed by atoms with van der Waals surface area (Å²) in [5.74, 6) is 0.392. The Hall–Kier alpha value is -3.54. The van der Waals surface area contributed by atoms with Gasteiger partial charge in [0.05, 0.1) is 15.6 Å². The first-order chi connectivity index (χ1) is 14.9. The number of allylic oxidation sites excluding steroid dienone is 1. The highest BCUT2D eigenvalue weighted by molar-refractivity contribution is 6.42. The number of rotatable bonds is 6. The average molecular weight is 453 g/mol. The van der Waals surface area contributed by atoms with Crippen LogP contribution in [0.4, 0.5) is 0 Å². The molecule has 1 N–H and O–H groups in total. The van der Waals surface area contributed by atoms with Gasteiger partial charge in [0.1, 0.15) is 17.3 Å². The number of benzene rings is 2. The number of carbonyl (C=O) groups is 2. The van der Waals surface area contributed by atoms with Crippen LogP contribution in [0.25, 0.3) is 28.7 Å². The fourth-order valence-corrected chi connectivity index (χ4v) is 3.19. The summed E-state index contributed by atoms with van der Waals surface area (Å²) in [6, 6.07) is 18.1. The summed E-state index contributed by atoms with van der Waals surface area (Å²) in [4.78, 5) is 23.4. The number of carbonyl (C=O) groups excluding carboxylic acids is 1. The van der Waals surface area contributed by atoms with Crippen molar-refractivity contribution in [3.63, 3.8) is 0 Å². The van der Waals surface area contributed by atoms with E-state index in [-0.39, 0.29) is 17.1 Å². The van der Waals surface area contributed by atoms with E-state index in [2.05, 4.69) is 0 Å². The molecule has 0 unspecified atom stereocenters. The summed E-state index contributed by atoms with van der Waals surface area (Å²) in [5.41, 5.74) is 1.63. The first kappa shape index (κ1) is 20.7. The van der Waals surface area contributed by atoms with Gasteiger partial charge >= 0.3 is 5.97 Å². The zero-order chi connectivity index (χ0) is 22.0. The van der Waals surface area contributed by atoms with Crippen molar-refractivity contribution in [2.45, 2.75) is 0 Å². The highest BCUT2D eigenvalue weighted by Gasteiger charge is 2.12. The van der Waals surface area contributed by atoms with E-state index >= 15 is 0 Å². The van der Waals surface area contributed by atoms with Crippen LogP contribution in [0.5, 0.6) is 0 Å². The molecule has 0 radical (unpaired) electrons. The van der Waals surface area contributed by atoms with Crippen molar-refractivity contribution < 1.29 is 23.5 Å². The number of ketones is 1. The van der Waals surface area contributed by atoms with Crippen LogP contribution < -0.4 is 0 Å². The molecule has 0 saturated carbocycles. The van der Waals surface area contributed by atoms with Crippen LogP contribution >= 0.6 is 23.2 Å². The van der Waals surface area contributed by atoms with E-state index in [9.17, 15) is 9.59 Å². The Balaban J connectivity index is 1.47. The lowest BCUT2D eigenvalue weighted by Gasteiger charge is -1.99. The third kappa shape index (κ3) is 4.63. The van der Waals surface area contributed by atoms with Crippen LogP contribution in [0.3, 0.4) is 0 Å². The van der Waals surface area contributed by atoms with E-state index in [0.717, 1.165) is 5.56 Å². The monoisotopic (exact) mass is 452 g/mol. The second-order valence-corrected chi connectivity index (χ2v) is 7.39. The van der Waals surface area contributed by atoms with Gasteiger partial charge in [0, 0.05) is 11.1 Å². The minimum atomic E-state index is -0.992. The fraction of sp³-hybridized carbons (Fsp3) is 0. The van der Waals surface area contributed by atoms with Gasteiger partial charge in [-0.25, -0.2) is 4.79 Å². The van der Waals surface area contributed by atoms with Gasteiger partial charge in [-0.1, -0.05) is 35.3 Å². The maximum Gasteiger partial charge on any atom is 0.335 e. The van der Waals surface area contributed by atoms with E-state index in [1.807, 2.05) is 0 Å². The maximum atomic E-state index is 12.4. The molecule has 4 aromatic rings. The summed E-state index contributed by atoms with van der Waals surface area (Å²) < 4.78 is 11.3. The Labute approximate surface area is 187 Å². The van der Waals surface area contributed by atoms with E-state index in [4.69, 9.17) is 37.1 Å². The van der Waals surface area contributed by atoms with Crippen LogP contribution in [-0.4, -0.2) is 16.9 Å². The van der Waals surface area contributed by atoms with Crippen molar-refractivity contribution in [2.24, 2.45) is 0 Å². The summed E-state index contributed by atoms with van der Waals surface area (Å²) in [6.07, 6.45) is 2.90. The van der Waals surface area contributed by atoms with E-state index in [0.29, 0.717) is 32.9 Å². The highest BCUT2D eigenvalue weighted by Crippen LogP contribution is 2.30. The summed E-state index contributed by atoms with van der Waals surface area (Å²) in [7, 11) is 0. The molecule has 0 saturated heterocycles. The van der Waals surface area contributed by atoms with Gasteiger partial charge in [0.15, 0.2) is 5.76 Å². The van der Waals surface area contributed by atoms with E-state index in [1.165, 1.54) is 18.2 Å². The maximum absolute atomic E-state index is 12.4. The van der Waals surface area contributed by atoms with Crippen LogP contribution in [0.2, 0.25) is 10.0 Å². The molecule has 0 spiro atoms. The lowest BCUT2D eigenvalue weighted by atomic mass is 10.1. The molecule has 0 atom stereocenters. The third-order valence-electron chi connectivity index (χ3n) is 4.50. The van der Waals surface area contributed by atoms with Crippen LogP contribution in [0.1, 0.15) is 26.7 Å². The van der Waals surface area contributed by atoms with Gasteiger partial charge < -0.3 is 13.9 Å². The number of carboxylic acids is 1. The smallest absolute Gasteiger partial charge is 0.335 e. The van der Waals surface area contributed by atoms with Crippen molar-refractivity contribution in [1.29, 1.82) is 0 Å². The molecular weight excluding hydrogens is 439 g/mol. The second kappa shape index (κ2) is 8.68. The molecule has 31 heavy (non-hydrogen) atoms. The predicted molar refractivity (Wildman–Crippen MR) is 119 cm³/mol. The van der Waals surface area contributed by atoms with Gasteiger partial charge in [0.2, 0.25) is 5.78 Å². The fourth-order valence-electron chi connectivity index (χ4n) is 2.89. The number of halogens is 2. The molecule has 0 fully saturated rings. The Morgan fingerprint density at radius 3 is 2.16 bits per heavy atom. The molecule has 154 valence electrons. The predicted octanol–water partition coefficient (Wildman–Crippen LogP) is 7.11. The van der Waals surface area contributed by atoms with E-state index in [1.54, 1.807) is 60.7 Å². The SMILES string of the molecule is O=C(O)c1ccc(-c2ccc(C=CC(=O)c3ccc(-c4ccc(Cl)c(Cl)c4)o3)o2)cc1. The summed E-state index contributed by atoms with van der Waals surface area (Å²) in [6.45, 7) is 0. The van der Waals surface area contributed by atoms with Crippen molar-refractivity contribution >= 4 is 41.0 Å². The number of furan rings is 2. The Bertz CT molecular complexity index is 1300. The van der Waals surface area contributed by atoms with Gasteiger partial charge in [-0.3, -0.25) is 4.79 Å². The molecule has 4 rings (SSSR count). The number of hydrogen-bond donors (Lipinski definition) is 1. The van der Waals surface area contributed by atoms with Crippen LogP contribution in [0.15, 0.2) is 81.6 Å². The molecular formula is C24H14Cl2O5. The minimum absolute atomic E-state index is 0.174. The number of aromatic carboxylic acids is 1. The van der Waals surface area contributed by atoms with Crippen molar-refractivity contribution in [1.82, 2.24) is 0 Å². The molecule has 2 aromatic heterocycles. The zero-order valence-corrected chi connectivity index (χ0v) is 17.4. The number of carboxylic acid groups (broad SMARTS) is 1. The van der Waals surface area contributed by atoms with Crippen molar-refractivity contribution in [2.75, 3.05) is 0 Å². The number of hydrogen-bond acceptors (Lipinski definition) is 4. The summed E-state index contributed by atoms with van der Waals surface area (Å²) >= 11 is 12.0. The Morgan fingerprint density at radius 2 is 1.45 bits per heavy atom. The average Bonchev–Trinajstić information content (AvgIpc) is 3.44. The van der Waals surface area contributed by atoms with Gasteiger partial charge in [-0.05, 0) is 66.7 Å². The normalized spacial score (nSPS) is 11.2. The molecule has 0 aliphatic heterocycles. The molecule has 2 heterocycles. The lowest BCUT2D eigenvalue weighted by Crippen LogP contribution is -1.94. The van der Waals surface area contributed by atoms with Gasteiger partial charge in [-0.15, -0.1) is 0 Å². The Morgan fingerprint density at radius 1 is 0.774 bits per heavy atom. The van der Waals surface area contributed by atoms with Crippen molar-refractivity contribution in [3.8, 4) is 22.6 Å². The Kier molecular flexibility index (Phi) is 5.80. The standard InChI is InChI=1S/C24H14Cl2O5/c25-18-8-5-16(13-19(18)26)22-11-12-23(31-22)20(27)9-6-17-7-10-21(30-17)14-1-3-15(4-2-14)24(28)29/h1-13H,(H,28,29). The second-order valence-electron chi connectivity index (χ2n) is 6.57. The van der Waals surface area contributed by atoms with Crippen LogP contribution in [0, 0.1) is 0 Å². The molecule has 0 bridgehead atoms. The molecule has 7 heteroatoms. The molecule has 0 aliphatic rings. The molecule has 0 amide bonds. The topological polar surface area (TPSA) is 80.6 Å². The first-order valence-electron chi connectivity index (χ1n) is 9.12. The molecule has 5 nitrogen and oxygen atoms in total. The zero-order valence-electron chi connectivity index (χ0n) is 15.8. The molecule has 2 aromatic carbocycles. The third-order valence-corrected chi connectivity index (χ3v) is 5.23. The first-order valence-corrected chi connectivity index (χ1v) is 9.87. The van der Waals surface area contributed by atoms with Gasteiger partial charge in [-0.2, -0.15) is 0 Å². The lowest BCUT2D eigenvalue weighted by molar-refractivity contribution is 0.0696. The van der Waals surface area contributed by atoms with Crippen molar-refractivity contribution in [3.05, 3.63) is 99.9 Å². The highest BCUT2D eigenvalue weighted by atomic mass is 35.5. The quantitative estimate of drug-likeness (QED) is 0.249. The minimum Gasteiger partial charge on any atom is -0.478 e.